The number of nitrogens with one attached hydrogen (secondary N) is 1. The number of H-pyrrole nitrogens is 1. The standard InChI is InChI=1S/C31H27N5S/c1-2-10-25-24(9-1)33-29(34-25)20-36(27-12-5-7-22-8-6-18-32-30(22)27)19-21-14-16-23(17-15-21)31-35-26-11-3-4-13-28(26)37-31/h1-4,6,8-11,13-18,27H,5,7,12,19-20H2,(H,33,34). The largest absolute Gasteiger partial charge is 0.341 e. The summed E-state index contributed by atoms with van der Waals surface area (Å²) in [4.78, 5) is 20.6. The molecule has 0 saturated heterocycles. The van der Waals surface area contributed by atoms with Crippen molar-refractivity contribution < 1.29 is 0 Å². The van der Waals surface area contributed by atoms with Crippen LogP contribution in [0.3, 0.4) is 0 Å². The fourth-order valence-corrected chi connectivity index (χ4v) is 6.44. The van der Waals surface area contributed by atoms with Crippen LogP contribution in [0.4, 0.5) is 0 Å². The fraction of sp³-hybridized carbons (Fsp3) is 0.194. The first-order valence-corrected chi connectivity index (χ1v) is 13.7. The van der Waals surface area contributed by atoms with E-state index in [0.717, 1.165) is 53.3 Å². The Morgan fingerprint density at radius 2 is 1.68 bits per heavy atom. The third-order valence-electron chi connectivity index (χ3n) is 7.28. The number of para-hydroxylation sites is 3. The van der Waals surface area contributed by atoms with Gasteiger partial charge in [0, 0.05) is 18.3 Å². The maximum atomic E-state index is 4.89. The summed E-state index contributed by atoms with van der Waals surface area (Å²) < 4.78 is 1.22. The molecule has 0 radical (unpaired) electrons. The molecule has 1 aliphatic carbocycles. The molecule has 1 unspecified atom stereocenters. The summed E-state index contributed by atoms with van der Waals surface area (Å²) >= 11 is 1.75. The Bertz CT molecular complexity index is 1620. The van der Waals surface area contributed by atoms with Gasteiger partial charge in [0.2, 0.25) is 0 Å². The predicted molar refractivity (Wildman–Crippen MR) is 150 cm³/mol. The van der Waals surface area contributed by atoms with Gasteiger partial charge in [-0.25, -0.2) is 9.97 Å². The normalized spacial score (nSPS) is 15.4. The van der Waals surface area contributed by atoms with Crippen LogP contribution < -0.4 is 0 Å². The molecule has 0 amide bonds. The van der Waals surface area contributed by atoms with E-state index < -0.39 is 0 Å². The van der Waals surface area contributed by atoms with Crippen LogP contribution in [0.15, 0.2) is 91.1 Å². The van der Waals surface area contributed by atoms with E-state index in [9.17, 15) is 0 Å². The number of aryl methyl sites for hydroxylation is 1. The Hall–Kier alpha value is -3.87. The average Bonchev–Trinajstić information content (AvgIpc) is 3.57. The summed E-state index contributed by atoms with van der Waals surface area (Å²) in [7, 11) is 0. The minimum atomic E-state index is 0.266. The molecule has 1 atom stereocenters. The minimum absolute atomic E-state index is 0.266. The highest BCUT2D eigenvalue weighted by atomic mass is 32.1. The molecule has 6 heteroatoms. The van der Waals surface area contributed by atoms with Crippen molar-refractivity contribution in [3.8, 4) is 10.6 Å². The number of fused-ring (bicyclic) bond motifs is 3. The van der Waals surface area contributed by atoms with E-state index in [1.54, 1.807) is 11.3 Å². The lowest BCUT2D eigenvalue weighted by molar-refractivity contribution is 0.153. The van der Waals surface area contributed by atoms with Gasteiger partial charge in [0.05, 0.1) is 39.5 Å². The predicted octanol–water partition coefficient (Wildman–Crippen LogP) is 7.31. The zero-order chi connectivity index (χ0) is 24.6. The van der Waals surface area contributed by atoms with Crippen molar-refractivity contribution in [2.75, 3.05) is 0 Å². The molecule has 0 fully saturated rings. The van der Waals surface area contributed by atoms with Crippen molar-refractivity contribution in [2.24, 2.45) is 0 Å². The number of benzene rings is 3. The molecule has 37 heavy (non-hydrogen) atoms. The summed E-state index contributed by atoms with van der Waals surface area (Å²) in [5.74, 6) is 0.996. The van der Waals surface area contributed by atoms with E-state index in [0.29, 0.717) is 0 Å². The van der Waals surface area contributed by atoms with Gasteiger partial charge in [-0.3, -0.25) is 9.88 Å². The number of thiazole rings is 1. The molecule has 0 saturated carbocycles. The lowest BCUT2D eigenvalue weighted by Crippen LogP contribution is -2.31. The number of pyridine rings is 1. The molecule has 1 N–H and O–H groups in total. The van der Waals surface area contributed by atoms with Gasteiger partial charge < -0.3 is 4.98 Å². The first-order chi connectivity index (χ1) is 18.3. The van der Waals surface area contributed by atoms with Gasteiger partial charge in [-0.15, -0.1) is 11.3 Å². The summed E-state index contributed by atoms with van der Waals surface area (Å²) in [6.07, 6.45) is 5.32. The first-order valence-electron chi connectivity index (χ1n) is 12.9. The van der Waals surface area contributed by atoms with Crippen LogP contribution in [0.1, 0.15) is 41.5 Å². The molecule has 3 aromatic heterocycles. The maximum absolute atomic E-state index is 4.89. The molecule has 182 valence electrons. The highest BCUT2D eigenvalue weighted by Gasteiger charge is 2.28. The smallest absolute Gasteiger partial charge is 0.124 e. The van der Waals surface area contributed by atoms with Gasteiger partial charge in [0.1, 0.15) is 10.8 Å². The van der Waals surface area contributed by atoms with Crippen molar-refractivity contribution in [3.63, 3.8) is 0 Å². The van der Waals surface area contributed by atoms with Gasteiger partial charge in [-0.1, -0.05) is 54.6 Å². The zero-order valence-corrected chi connectivity index (χ0v) is 21.3. The van der Waals surface area contributed by atoms with Crippen LogP contribution in [-0.2, 0) is 19.5 Å². The molecule has 0 spiro atoms. The number of nitrogens with zero attached hydrogens (tertiary/aromatic N) is 4. The average molecular weight is 502 g/mol. The Morgan fingerprint density at radius 3 is 2.54 bits per heavy atom. The summed E-state index contributed by atoms with van der Waals surface area (Å²) in [6, 6.07) is 30.1. The van der Waals surface area contributed by atoms with Crippen LogP contribution in [0.5, 0.6) is 0 Å². The Kier molecular flexibility index (Phi) is 5.76. The van der Waals surface area contributed by atoms with E-state index in [1.807, 2.05) is 18.3 Å². The van der Waals surface area contributed by atoms with Crippen molar-refractivity contribution in [1.82, 2.24) is 24.8 Å². The van der Waals surface area contributed by atoms with Gasteiger partial charge in [-0.05, 0) is 60.7 Å². The van der Waals surface area contributed by atoms with Gasteiger partial charge >= 0.3 is 0 Å². The van der Waals surface area contributed by atoms with E-state index in [1.165, 1.54) is 33.5 Å². The highest BCUT2D eigenvalue weighted by molar-refractivity contribution is 7.21. The lowest BCUT2D eigenvalue weighted by atomic mass is 9.90. The Morgan fingerprint density at radius 1 is 0.838 bits per heavy atom. The maximum Gasteiger partial charge on any atom is 0.124 e. The van der Waals surface area contributed by atoms with Crippen LogP contribution in [0.25, 0.3) is 31.8 Å². The fourth-order valence-electron chi connectivity index (χ4n) is 5.47. The highest BCUT2D eigenvalue weighted by Crippen LogP contribution is 2.35. The molecule has 5 nitrogen and oxygen atoms in total. The number of imidazole rings is 1. The van der Waals surface area contributed by atoms with Gasteiger partial charge in [0.25, 0.3) is 0 Å². The topological polar surface area (TPSA) is 57.7 Å². The number of aromatic nitrogens is 4. The van der Waals surface area contributed by atoms with Crippen molar-refractivity contribution in [1.29, 1.82) is 0 Å². The van der Waals surface area contributed by atoms with Crippen LogP contribution in [-0.4, -0.2) is 24.8 Å². The molecule has 3 aromatic carbocycles. The molecule has 0 aliphatic heterocycles. The minimum Gasteiger partial charge on any atom is -0.341 e. The second-order valence-electron chi connectivity index (χ2n) is 9.75. The van der Waals surface area contributed by atoms with Crippen molar-refractivity contribution >= 4 is 32.6 Å². The Balaban J connectivity index is 1.20. The lowest BCUT2D eigenvalue weighted by Gasteiger charge is -2.34. The van der Waals surface area contributed by atoms with E-state index in [2.05, 4.69) is 82.7 Å². The quantitative estimate of drug-likeness (QED) is 0.260. The molecule has 1 aliphatic rings. The summed E-state index contributed by atoms with van der Waals surface area (Å²) in [6.45, 7) is 1.58. The monoisotopic (exact) mass is 501 g/mol. The number of aromatic amines is 1. The van der Waals surface area contributed by atoms with Gasteiger partial charge in [0.15, 0.2) is 0 Å². The summed E-state index contributed by atoms with van der Waals surface area (Å²) in [5, 5.41) is 1.07. The van der Waals surface area contributed by atoms with Crippen LogP contribution in [0, 0.1) is 0 Å². The van der Waals surface area contributed by atoms with Crippen molar-refractivity contribution in [3.05, 3.63) is 114 Å². The molecule has 3 heterocycles. The second kappa shape index (κ2) is 9.54. The molecular formula is C31H27N5S. The number of rotatable bonds is 6. The second-order valence-corrected chi connectivity index (χ2v) is 10.8. The van der Waals surface area contributed by atoms with E-state index >= 15 is 0 Å². The SMILES string of the molecule is c1cnc2c(c1)CCCC2N(Cc1ccc(-c2nc3ccccc3s2)cc1)Cc1nc2ccccc2[nH]1. The Labute approximate surface area is 219 Å². The first kappa shape index (κ1) is 22.3. The van der Waals surface area contributed by atoms with Crippen LogP contribution in [0.2, 0.25) is 0 Å². The van der Waals surface area contributed by atoms with Crippen LogP contribution >= 0.6 is 11.3 Å². The number of hydrogen-bond acceptors (Lipinski definition) is 5. The molecular weight excluding hydrogens is 474 g/mol. The van der Waals surface area contributed by atoms with Crippen molar-refractivity contribution in [2.45, 2.75) is 38.4 Å². The third-order valence-corrected chi connectivity index (χ3v) is 8.36. The van der Waals surface area contributed by atoms with E-state index in [4.69, 9.17) is 15.0 Å². The third kappa shape index (κ3) is 4.43. The zero-order valence-electron chi connectivity index (χ0n) is 20.5. The molecule has 0 bridgehead atoms. The summed E-state index contributed by atoms with van der Waals surface area (Å²) in [5.41, 5.74) is 8.20. The number of hydrogen-bond donors (Lipinski definition) is 1. The van der Waals surface area contributed by atoms with E-state index in [-0.39, 0.29) is 6.04 Å². The van der Waals surface area contributed by atoms with Gasteiger partial charge in [-0.2, -0.15) is 0 Å². The molecule has 7 rings (SSSR count). The molecule has 6 aromatic rings.